The van der Waals surface area contributed by atoms with Crippen LogP contribution in [0, 0.1) is 0 Å². The first-order chi connectivity index (χ1) is 29.5. The van der Waals surface area contributed by atoms with E-state index in [1.54, 1.807) is 0 Å². The third-order valence-electron chi connectivity index (χ3n) is 10.6. The molecule has 0 aromatic heterocycles. The van der Waals surface area contributed by atoms with E-state index in [0.717, 1.165) is 77.0 Å². The molecule has 2 unspecified atom stereocenters. The molecule has 356 valence electrons. The zero-order chi connectivity index (χ0) is 45.0. The Morgan fingerprint density at radius 3 is 1.33 bits per heavy atom. The van der Waals surface area contributed by atoms with Crippen LogP contribution in [0.3, 0.4) is 0 Å². The highest BCUT2D eigenvalue weighted by molar-refractivity contribution is 7.45. The highest BCUT2D eigenvalue weighted by Gasteiger charge is 2.21. The zero-order valence-corrected chi connectivity index (χ0v) is 41.0. The van der Waals surface area contributed by atoms with Gasteiger partial charge in [0.1, 0.15) is 19.8 Å². The SMILES string of the molecule is CCCCCCC/C=C\C/C=C\C/C=C\CCCCCCCCCCC(=O)OC(COC(=O)CCCCCCC/C=C\CCCCCCC)COP(=O)([O-])OCC[N+](C)(C)C. The quantitative estimate of drug-likeness (QED) is 0.0195. The Hall–Kier alpha value is -2.03. The maximum absolute atomic E-state index is 12.7. The summed E-state index contributed by atoms with van der Waals surface area (Å²) in [6.45, 7) is 4.20. The van der Waals surface area contributed by atoms with Crippen molar-refractivity contribution in [2.45, 2.75) is 219 Å². The highest BCUT2D eigenvalue weighted by atomic mass is 31.2. The summed E-state index contributed by atoms with van der Waals surface area (Å²) < 4.78 is 34.0. The molecule has 0 aliphatic rings. The Labute approximate surface area is 375 Å². The van der Waals surface area contributed by atoms with E-state index in [2.05, 4.69) is 62.5 Å². The normalized spacial score (nSPS) is 13.9. The van der Waals surface area contributed by atoms with Crippen LogP contribution in [0.2, 0.25) is 0 Å². The van der Waals surface area contributed by atoms with Gasteiger partial charge in [0.15, 0.2) is 6.10 Å². The first kappa shape index (κ1) is 59.0. The predicted molar refractivity (Wildman–Crippen MR) is 254 cm³/mol. The van der Waals surface area contributed by atoms with Crippen molar-refractivity contribution in [1.82, 2.24) is 0 Å². The Morgan fingerprint density at radius 2 is 0.885 bits per heavy atom. The van der Waals surface area contributed by atoms with Gasteiger partial charge in [-0.2, -0.15) is 0 Å². The molecule has 0 aliphatic carbocycles. The van der Waals surface area contributed by atoms with Gasteiger partial charge in [-0.15, -0.1) is 0 Å². The lowest BCUT2D eigenvalue weighted by Crippen LogP contribution is -2.37. The molecule has 61 heavy (non-hydrogen) atoms. The molecule has 0 fully saturated rings. The number of esters is 2. The van der Waals surface area contributed by atoms with Crippen LogP contribution in [-0.4, -0.2) is 70.0 Å². The predicted octanol–water partition coefficient (Wildman–Crippen LogP) is 14.0. The second-order valence-corrected chi connectivity index (χ2v) is 19.2. The van der Waals surface area contributed by atoms with Gasteiger partial charge in [0.2, 0.25) is 0 Å². The van der Waals surface area contributed by atoms with Gasteiger partial charge in [-0.3, -0.25) is 14.2 Å². The minimum atomic E-state index is -4.63. The van der Waals surface area contributed by atoms with Gasteiger partial charge in [0, 0.05) is 12.8 Å². The molecule has 0 saturated heterocycles. The van der Waals surface area contributed by atoms with Crippen molar-refractivity contribution in [1.29, 1.82) is 0 Å². The van der Waals surface area contributed by atoms with Crippen molar-refractivity contribution in [2.24, 2.45) is 0 Å². The summed E-state index contributed by atoms with van der Waals surface area (Å²) >= 11 is 0. The maximum Gasteiger partial charge on any atom is 0.306 e. The molecule has 0 spiro atoms. The molecule has 10 heteroatoms. The molecule has 2 atom stereocenters. The van der Waals surface area contributed by atoms with Gasteiger partial charge in [-0.1, -0.05) is 172 Å². The minimum Gasteiger partial charge on any atom is -0.756 e. The van der Waals surface area contributed by atoms with Gasteiger partial charge in [-0.05, 0) is 77.0 Å². The number of phosphoric ester groups is 1. The van der Waals surface area contributed by atoms with Gasteiger partial charge >= 0.3 is 11.9 Å². The second-order valence-electron chi connectivity index (χ2n) is 17.8. The third kappa shape index (κ3) is 47.3. The van der Waals surface area contributed by atoms with Crippen LogP contribution in [-0.2, 0) is 32.7 Å². The Kier molecular flexibility index (Phi) is 41.8. The lowest BCUT2D eigenvalue weighted by molar-refractivity contribution is -0.870. The molecular weight excluding hydrogens is 786 g/mol. The van der Waals surface area contributed by atoms with E-state index in [0.29, 0.717) is 17.4 Å². The van der Waals surface area contributed by atoms with Gasteiger partial charge in [0.05, 0.1) is 27.7 Å². The molecule has 0 aliphatic heterocycles. The van der Waals surface area contributed by atoms with Crippen LogP contribution in [0.4, 0.5) is 0 Å². The molecule has 0 heterocycles. The topological polar surface area (TPSA) is 111 Å². The molecule has 0 amide bonds. The largest absolute Gasteiger partial charge is 0.756 e. The van der Waals surface area contributed by atoms with Gasteiger partial charge in [-0.25, -0.2) is 0 Å². The summed E-state index contributed by atoms with van der Waals surface area (Å²) in [5.41, 5.74) is 0. The number of phosphoric acid groups is 1. The highest BCUT2D eigenvalue weighted by Crippen LogP contribution is 2.38. The fraction of sp³-hybridized carbons (Fsp3) is 0.804. The van der Waals surface area contributed by atoms with Crippen molar-refractivity contribution >= 4 is 19.8 Å². The number of ether oxygens (including phenoxy) is 2. The number of allylic oxidation sites excluding steroid dienone is 8. The van der Waals surface area contributed by atoms with Crippen molar-refractivity contribution in [3.8, 4) is 0 Å². The Morgan fingerprint density at radius 1 is 0.508 bits per heavy atom. The van der Waals surface area contributed by atoms with E-state index in [1.165, 1.54) is 103 Å². The third-order valence-corrected chi connectivity index (χ3v) is 11.5. The van der Waals surface area contributed by atoms with Gasteiger partial charge < -0.3 is 27.9 Å². The maximum atomic E-state index is 12.7. The summed E-state index contributed by atoms with van der Waals surface area (Å²) in [6, 6.07) is 0. The Balaban J connectivity index is 4.28. The number of carbonyl (C=O) groups excluding carboxylic acids is 2. The lowest BCUT2D eigenvalue weighted by atomic mass is 10.1. The van der Waals surface area contributed by atoms with Crippen molar-refractivity contribution in [3.05, 3.63) is 48.6 Å². The Bertz CT molecular complexity index is 1180. The number of likely N-dealkylation sites (N-methyl/N-ethyl adjacent to an activating group) is 1. The molecule has 0 aromatic rings. The summed E-state index contributed by atoms with van der Waals surface area (Å²) in [5.74, 6) is -0.851. The number of unbranched alkanes of at least 4 members (excludes halogenated alkanes) is 23. The average molecular weight is 880 g/mol. The summed E-state index contributed by atoms with van der Waals surface area (Å²) in [7, 11) is 1.15. The molecule has 0 radical (unpaired) electrons. The fourth-order valence-corrected chi connectivity index (χ4v) is 7.38. The van der Waals surface area contributed by atoms with E-state index in [9.17, 15) is 19.0 Å². The van der Waals surface area contributed by atoms with Crippen LogP contribution < -0.4 is 4.89 Å². The number of hydrogen-bond acceptors (Lipinski definition) is 8. The van der Waals surface area contributed by atoms with Crippen molar-refractivity contribution in [2.75, 3.05) is 47.5 Å². The number of hydrogen-bond donors (Lipinski definition) is 0. The van der Waals surface area contributed by atoms with E-state index < -0.39 is 32.5 Å². The minimum absolute atomic E-state index is 0.0348. The van der Waals surface area contributed by atoms with Crippen LogP contribution >= 0.6 is 7.82 Å². The van der Waals surface area contributed by atoms with Crippen LogP contribution in [0.15, 0.2) is 48.6 Å². The van der Waals surface area contributed by atoms with E-state index in [1.807, 2.05) is 21.1 Å². The molecule has 0 rings (SSSR count). The standard InChI is InChI=1S/C51H94NO8P/c1-6-8-10-12-14-16-18-20-22-23-24-25-26-27-28-29-30-32-34-36-38-40-42-44-51(54)60-49(48-59-61(55,56)58-46-45-52(3,4)5)47-57-50(53)43-41-39-37-35-33-31-21-19-17-15-13-11-9-7-2/h18-21,23-24,26-27,49H,6-17,22,25,28-48H2,1-5H3/b20-18-,21-19-,24-23-,27-26-. The van der Waals surface area contributed by atoms with Crippen LogP contribution in [0.5, 0.6) is 0 Å². The molecular formula is C51H94NO8P. The smallest absolute Gasteiger partial charge is 0.306 e. The molecule has 9 nitrogen and oxygen atoms in total. The number of nitrogens with zero attached hydrogens (tertiary/aromatic N) is 1. The number of rotatable bonds is 45. The summed E-state index contributed by atoms with van der Waals surface area (Å²) in [4.78, 5) is 37.6. The molecule has 0 bridgehead atoms. The molecule has 0 aromatic carbocycles. The molecule has 0 saturated carbocycles. The monoisotopic (exact) mass is 880 g/mol. The molecule has 0 N–H and O–H groups in total. The number of quaternary nitrogens is 1. The second kappa shape index (κ2) is 43.2. The summed E-state index contributed by atoms with van der Waals surface area (Å²) in [6.07, 6.45) is 51.3. The van der Waals surface area contributed by atoms with Crippen molar-refractivity contribution < 1.29 is 42.1 Å². The number of carbonyl (C=O) groups is 2. The van der Waals surface area contributed by atoms with Gasteiger partial charge in [0.25, 0.3) is 7.82 Å². The first-order valence-corrected chi connectivity index (χ1v) is 26.3. The van der Waals surface area contributed by atoms with Crippen molar-refractivity contribution in [3.63, 3.8) is 0 Å². The first-order valence-electron chi connectivity index (χ1n) is 24.8. The average Bonchev–Trinajstić information content (AvgIpc) is 3.21. The lowest BCUT2D eigenvalue weighted by Gasteiger charge is -2.28. The van der Waals surface area contributed by atoms with Crippen LogP contribution in [0.1, 0.15) is 213 Å². The summed E-state index contributed by atoms with van der Waals surface area (Å²) in [5, 5.41) is 0. The van der Waals surface area contributed by atoms with E-state index in [4.69, 9.17) is 18.5 Å². The van der Waals surface area contributed by atoms with E-state index >= 15 is 0 Å². The van der Waals surface area contributed by atoms with Crippen LogP contribution in [0.25, 0.3) is 0 Å². The van der Waals surface area contributed by atoms with E-state index in [-0.39, 0.29) is 26.1 Å². The fourth-order valence-electron chi connectivity index (χ4n) is 6.66. The zero-order valence-electron chi connectivity index (χ0n) is 40.1.